The number of carbonyl (C=O) groups excluding carboxylic acids is 1. The van der Waals surface area contributed by atoms with Crippen molar-refractivity contribution in [2.24, 2.45) is 0 Å². The molecule has 0 radical (unpaired) electrons. The van der Waals surface area contributed by atoms with Crippen molar-refractivity contribution in [1.29, 1.82) is 0 Å². The van der Waals surface area contributed by atoms with E-state index in [1.807, 2.05) is 56.3 Å². The SMILES string of the molecule is CCOc1ccc(CC(=O)N[C@@H]2CCCN(c3cc(-c4ccc(OC)cc4)[nH]n3)C2)cc1OCC. The largest absolute Gasteiger partial charge is 0.497 e. The lowest BCUT2D eigenvalue weighted by Gasteiger charge is -2.33. The van der Waals surface area contributed by atoms with Crippen LogP contribution in [0, 0.1) is 0 Å². The van der Waals surface area contributed by atoms with Gasteiger partial charge in [-0.1, -0.05) is 6.07 Å². The lowest BCUT2D eigenvalue weighted by Crippen LogP contribution is -2.48. The Kier molecular flexibility index (Phi) is 8.13. The maximum atomic E-state index is 12.8. The van der Waals surface area contributed by atoms with Crippen LogP contribution in [0.2, 0.25) is 0 Å². The average molecular weight is 479 g/mol. The summed E-state index contributed by atoms with van der Waals surface area (Å²) in [6.45, 7) is 6.62. The Morgan fingerprint density at radius 1 is 1.09 bits per heavy atom. The normalized spacial score (nSPS) is 15.5. The Hall–Kier alpha value is -3.68. The zero-order valence-electron chi connectivity index (χ0n) is 20.7. The highest BCUT2D eigenvalue weighted by Crippen LogP contribution is 2.29. The molecule has 1 amide bonds. The minimum atomic E-state index is 0.00408. The van der Waals surface area contributed by atoms with Gasteiger partial charge in [-0.25, -0.2) is 0 Å². The standard InChI is InChI=1S/C27H34N4O4/c1-4-34-24-13-8-19(15-25(24)35-5-2)16-27(32)28-21-7-6-14-31(18-21)26-17-23(29-30-26)20-9-11-22(33-3)12-10-20/h8-13,15,17,21H,4-7,14,16,18H2,1-3H3,(H,28,32)(H,29,30)/t21-/m1/s1. The van der Waals surface area contributed by atoms with E-state index < -0.39 is 0 Å². The fourth-order valence-corrected chi connectivity index (χ4v) is 4.36. The highest BCUT2D eigenvalue weighted by atomic mass is 16.5. The van der Waals surface area contributed by atoms with Crippen LogP contribution < -0.4 is 24.4 Å². The van der Waals surface area contributed by atoms with Crippen LogP contribution in [0.25, 0.3) is 11.3 Å². The molecule has 0 spiro atoms. The molecule has 1 aliphatic rings. The summed E-state index contributed by atoms with van der Waals surface area (Å²) >= 11 is 0. The van der Waals surface area contributed by atoms with Crippen molar-refractivity contribution in [2.45, 2.75) is 39.2 Å². The van der Waals surface area contributed by atoms with Crippen molar-refractivity contribution in [3.8, 4) is 28.5 Å². The lowest BCUT2D eigenvalue weighted by atomic mass is 10.0. The number of ether oxygens (including phenoxy) is 3. The van der Waals surface area contributed by atoms with Crippen LogP contribution in [0.4, 0.5) is 5.82 Å². The molecule has 2 aromatic carbocycles. The zero-order chi connectivity index (χ0) is 24.6. The lowest BCUT2D eigenvalue weighted by molar-refractivity contribution is -0.121. The van der Waals surface area contributed by atoms with E-state index in [2.05, 4.69) is 26.5 Å². The molecule has 186 valence electrons. The van der Waals surface area contributed by atoms with Crippen molar-refractivity contribution < 1.29 is 19.0 Å². The van der Waals surface area contributed by atoms with Gasteiger partial charge >= 0.3 is 0 Å². The Morgan fingerprint density at radius 3 is 2.60 bits per heavy atom. The van der Waals surface area contributed by atoms with E-state index in [1.54, 1.807) is 7.11 Å². The number of carbonyl (C=O) groups is 1. The van der Waals surface area contributed by atoms with Crippen LogP contribution in [0.1, 0.15) is 32.3 Å². The van der Waals surface area contributed by atoms with Crippen LogP contribution in [-0.2, 0) is 11.2 Å². The fourth-order valence-electron chi connectivity index (χ4n) is 4.36. The van der Waals surface area contributed by atoms with Crippen LogP contribution in [0.15, 0.2) is 48.5 Å². The predicted molar refractivity (Wildman–Crippen MR) is 136 cm³/mol. The molecule has 0 bridgehead atoms. The second-order valence-electron chi connectivity index (χ2n) is 8.54. The summed E-state index contributed by atoms with van der Waals surface area (Å²) in [5.41, 5.74) is 2.90. The number of rotatable bonds is 10. The Labute approximate surface area is 206 Å². The van der Waals surface area contributed by atoms with Gasteiger partial charge in [0, 0.05) is 25.2 Å². The summed E-state index contributed by atoms with van der Waals surface area (Å²) in [6, 6.07) is 15.7. The van der Waals surface area contributed by atoms with E-state index in [0.29, 0.717) is 31.1 Å². The van der Waals surface area contributed by atoms with Gasteiger partial charge in [0.25, 0.3) is 0 Å². The number of benzene rings is 2. The van der Waals surface area contributed by atoms with Gasteiger partial charge in [-0.3, -0.25) is 9.89 Å². The third kappa shape index (κ3) is 6.26. The molecular formula is C27H34N4O4. The Bertz CT molecular complexity index is 1110. The number of nitrogens with zero attached hydrogens (tertiary/aromatic N) is 2. The summed E-state index contributed by atoms with van der Waals surface area (Å²) < 4.78 is 16.5. The van der Waals surface area contributed by atoms with Crippen molar-refractivity contribution in [2.75, 3.05) is 38.3 Å². The minimum Gasteiger partial charge on any atom is -0.497 e. The first-order valence-electron chi connectivity index (χ1n) is 12.2. The average Bonchev–Trinajstić information content (AvgIpc) is 3.36. The van der Waals surface area contributed by atoms with E-state index in [-0.39, 0.29) is 11.9 Å². The van der Waals surface area contributed by atoms with Gasteiger partial charge in [0.05, 0.1) is 32.4 Å². The molecule has 0 saturated carbocycles. The van der Waals surface area contributed by atoms with E-state index >= 15 is 0 Å². The summed E-state index contributed by atoms with van der Waals surface area (Å²) in [6.07, 6.45) is 2.24. The van der Waals surface area contributed by atoms with Gasteiger partial charge in [0.2, 0.25) is 5.91 Å². The summed E-state index contributed by atoms with van der Waals surface area (Å²) in [7, 11) is 1.66. The van der Waals surface area contributed by atoms with Gasteiger partial charge < -0.3 is 24.4 Å². The highest BCUT2D eigenvalue weighted by molar-refractivity contribution is 5.79. The molecule has 1 aliphatic heterocycles. The summed E-state index contributed by atoms with van der Waals surface area (Å²) in [5, 5.41) is 10.9. The van der Waals surface area contributed by atoms with E-state index in [1.165, 1.54) is 0 Å². The van der Waals surface area contributed by atoms with Crippen LogP contribution in [-0.4, -0.2) is 55.6 Å². The molecule has 1 saturated heterocycles. The predicted octanol–water partition coefficient (Wildman–Crippen LogP) is 4.21. The maximum absolute atomic E-state index is 12.8. The van der Waals surface area contributed by atoms with Crippen molar-refractivity contribution in [3.05, 3.63) is 54.1 Å². The third-order valence-corrected chi connectivity index (χ3v) is 6.05. The van der Waals surface area contributed by atoms with Crippen LogP contribution in [0.5, 0.6) is 17.2 Å². The first-order valence-corrected chi connectivity index (χ1v) is 12.2. The van der Waals surface area contributed by atoms with Gasteiger partial charge in [0.1, 0.15) is 5.75 Å². The number of nitrogens with one attached hydrogen (secondary N) is 2. The number of piperidine rings is 1. The number of H-pyrrole nitrogens is 1. The maximum Gasteiger partial charge on any atom is 0.224 e. The van der Waals surface area contributed by atoms with Gasteiger partial charge in [-0.05, 0) is 74.2 Å². The first-order chi connectivity index (χ1) is 17.1. The number of anilines is 1. The topological polar surface area (TPSA) is 88.7 Å². The first kappa shape index (κ1) is 24.4. The van der Waals surface area contributed by atoms with Gasteiger partial charge in [0.15, 0.2) is 17.3 Å². The molecule has 0 unspecified atom stereocenters. The Balaban J connectivity index is 1.35. The molecule has 2 N–H and O–H groups in total. The number of aromatic amines is 1. The second-order valence-corrected chi connectivity index (χ2v) is 8.54. The van der Waals surface area contributed by atoms with E-state index in [0.717, 1.165) is 54.3 Å². The van der Waals surface area contributed by atoms with E-state index in [9.17, 15) is 4.79 Å². The number of methoxy groups -OCH3 is 1. The third-order valence-electron chi connectivity index (χ3n) is 6.05. The number of aromatic nitrogens is 2. The van der Waals surface area contributed by atoms with Crippen LogP contribution in [0.3, 0.4) is 0 Å². The van der Waals surface area contributed by atoms with Crippen LogP contribution >= 0.6 is 0 Å². The molecule has 1 aromatic heterocycles. The number of hydrogen-bond acceptors (Lipinski definition) is 6. The molecule has 4 rings (SSSR count). The smallest absolute Gasteiger partial charge is 0.224 e. The molecule has 8 heteroatoms. The number of amides is 1. The quantitative estimate of drug-likeness (QED) is 0.454. The van der Waals surface area contributed by atoms with Crippen molar-refractivity contribution >= 4 is 11.7 Å². The number of hydrogen-bond donors (Lipinski definition) is 2. The van der Waals surface area contributed by atoms with Gasteiger partial charge in [-0.15, -0.1) is 0 Å². The molecule has 8 nitrogen and oxygen atoms in total. The summed E-state index contributed by atoms with van der Waals surface area (Å²) in [4.78, 5) is 15.0. The molecule has 1 atom stereocenters. The Morgan fingerprint density at radius 2 is 1.86 bits per heavy atom. The molecule has 0 aliphatic carbocycles. The molecular weight excluding hydrogens is 444 g/mol. The molecule has 35 heavy (non-hydrogen) atoms. The fraction of sp³-hybridized carbons (Fsp3) is 0.407. The second kappa shape index (κ2) is 11.6. The molecule has 1 fully saturated rings. The minimum absolute atomic E-state index is 0.00408. The highest BCUT2D eigenvalue weighted by Gasteiger charge is 2.23. The molecule has 3 aromatic rings. The summed E-state index contributed by atoms with van der Waals surface area (Å²) in [5.74, 6) is 3.10. The monoisotopic (exact) mass is 478 g/mol. The van der Waals surface area contributed by atoms with E-state index in [4.69, 9.17) is 14.2 Å². The van der Waals surface area contributed by atoms with Crippen molar-refractivity contribution in [3.63, 3.8) is 0 Å². The van der Waals surface area contributed by atoms with Crippen molar-refractivity contribution in [1.82, 2.24) is 15.5 Å². The molecule has 2 heterocycles. The zero-order valence-corrected chi connectivity index (χ0v) is 20.7. The van der Waals surface area contributed by atoms with Gasteiger partial charge in [-0.2, -0.15) is 5.10 Å².